The van der Waals surface area contributed by atoms with E-state index in [0.717, 1.165) is 32.3 Å². The number of methoxy groups -OCH3 is 1. The lowest BCUT2D eigenvalue weighted by atomic mass is 9.96. The Kier molecular flexibility index (Phi) is 4.81. The van der Waals surface area contributed by atoms with Crippen molar-refractivity contribution in [3.05, 3.63) is 35.4 Å². The first kappa shape index (κ1) is 15.0. The minimum absolute atomic E-state index is 0.0469. The summed E-state index contributed by atoms with van der Waals surface area (Å²) in [6, 6.07) is 8.46. The first-order valence-electron chi connectivity index (χ1n) is 7.42. The molecule has 0 aromatic heterocycles. The monoisotopic (exact) mass is 275 g/mol. The molecule has 3 heteroatoms. The van der Waals surface area contributed by atoms with E-state index in [1.54, 1.807) is 7.11 Å². The smallest absolute Gasteiger partial charge is 0.223 e. The molecule has 0 saturated heterocycles. The Morgan fingerprint density at radius 3 is 2.50 bits per heavy atom. The molecule has 0 radical (unpaired) electrons. The van der Waals surface area contributed by atoms with Crippen molar-refractivity contribution in [1.82, 2.24) is 5.32 Å². The van der Waals surface area contributed by atoms with Gasteiger partial charge in [-0.2, -0.15) is 0 Å². The second-order valence-electron chi connectivity index (χ2n) is 6.21. The van der Waals surface area contributed by atoms with Crippen molar-refractivity contribution in [2.45, 2.75) is 45.1 Å². The standard InChI is InChI=1S/C17H25NO2/c1-13(7-6-10-20-3)16(19)18-17(2)11-14-8-4-5-9-15(14)12-17/h4-5,8-9,13H,6-7,10-12H2,1-3H3,(H,18,19)/t13-/m0/s1. The predicted molar refractivity (Wildman–Crippen MR) is 80.7 cm³/mol. The van der Waals surface area contributed by atoms with Crippen molar-refractivity contribution in [2.75, 3.05) is 13.7 Å². The Morgan fingerprint density at radius 1 is 1.35 bits per heavy atom. The van der Waals surface area contributed by atoms with E-state index in [4.69, 9.17) is 4.74 Å². The molecule has 1 atom stereocenters. The summed E-state index contributed by atoms with van der Waals surface area (Å²) in [7, 11) is 1.70. The molecule has 0 spiro atoms. The quantitative estimate of drug-likeness (QED) is 0.811. The summed E-state index contributed by atoms with van der Waals surface area (Å²) in [6.07, 6.45) is 3.67. The van der Waals surface area contributed by atoms with Crippen molar-refractivity contribution >= 4 is 5.91 Å². The Morgan fingerprint density at radius 2 is 1.95 bits per heavy atom. The lowest BCUT2D eigenvalue weighted by molar-refractivity contribution is -0.126. The van der Waals surface area contributed by atoms with E-state index in [9.17, 15) is 4.79 Å². The zero-order chi connectivity index (χ0) is 14.6. The zero-order valence-corrected chi connectivity index (χ0v) is 12.7. The maximum Gasteiger partial charge on any atom is 0.223 e. The van der Waals surface area contributed by atoms with Crippen molar-refractivity contribution < 1.29 is 9.53 Å². The van der Waals surface area contributed by atoms with Gasteiger partial charge in [0.15, 0.2) is 0 Å². The van der Waals surface area contributed by atoms with Crippen LogP contribution in [-0.2, 0) is 22.4 Å². The molecule has 1 N–H and O–H groups in total. The number of rotatable bonds is 6. The van der Waals surface area contributed by atoms with Crippen LogP contribution < -0.4 is 5.32 Å². The Hall–Kier alpha value is -1.35. The van der Waals surface area contributed by atoms with E-state index in [2.05, 4.69) is 36.5 Å². The van der Waals surface area contributed by atoms with E-state index >= 15 is 0 Å². The largest absolute Gasteiger partial charge is 0.385 e. The number of nitrogens with one attached hydrogen (secondary N) is 1. The minimum Gasteiger partial charge on any atom is -0.385 e. The summed E-state index contributed by atoms with van der Waals surface area (Å²) in [4.78, 5) is 12.3. The van der Waals surface area contributed by atoms with Crippen LogP contribution in [0, 0.1) is 5.92 Å². The fourth-order valence-electron chi connectivity index (χ4n) is 2.98. The van der Waals surface area contributed by atoms with Crippen LogP contribution in [0.3, 0.4) is 0 Å². The van der Waals surface area contributed by atoms with Gasteiger partial charge in [-0.3, -0.25) is 4.79 Å². The molecule has 1 aliphatic rings. The second kappa shape index (κ2) is 6.40. The summed E-state index contributed by atoms with van der Waals surface area (Å²) in [5.41, 5.74) is 2.60. The number of benzene rings is 1. The molecule has 1 amide bonds. The van der Waals surface area contributed by atoms with E-state index < -0.39 is 0 Å². The number of ether oxygens (including phenoxy) is 1. The SMILES string of the molecule is COCCC[C@H](C)C(=O)NC1(C)Cc2ccccc2C1. The van der Waals surface area contributed by atoms with Gasteiger partial charge in [0.2, 0.25) is 5.91 Å². The highest BCUT2D eigenvalue weighted by Gasteiger charge is 2.34. The summed E-state index contributed by atoms with van der Waals surface area (Å²) < 4.78 is 5.04. The predicted octanol–water partition coefficient (Wildman–Crippen LogP) is 2.72. The molecule has 20 heavy (non-hydrogen) atoms. The van der Waals surface area contributed by atoms with Crippen LogP contribution in [0.1, 0.15) is 37.8 Å². The molecule has 1 aromatic carbocycles. The van der Waals surface area contributed by atoms with Crippen LogP contribution in [0.25, 0.3) is 0 Å². The molecular formula is C17H25NO2. The second-order valence-corrected chi connectivity index (χ2v) is 6.21. The summed E-state index contributed by atoms with van der Waals surface area (Å²) in [6.45, 7) is 4.86. The van der Waals surface area contributed by atoms with Gasteiger partial charge in [0, 0.05) is 25.2 Å². The number of fused-ring (bicyclic) bond motifs is 1. The van der Waals surface area contributed by atoms with E-state index in [1.165, 1.54) is 11.1 Å². The summed E-state index contributed by atoms with van der Waals surface area (Å²) >= 11 is 0. The van der Waals surface area contributed by atoms with Gasteiger partial charge in [-0.25, -0.2) is 0 Å². The van der Waals surface area contributed by atoms with Crippen LogP contribution in [0.15, 0.2) is 24.3 Å². The molecule has 1 aromatic rings. The van der Waals surface area contributed by atoms with Gasteiger partial charge in [0.05, 0.1) is 0 Å². The molecule has 0 bridgehead atoms. The van der Waals surface area contributed by atoms with Gasteiger partial charge in [-0.1, -0.05) is 31.2 Å². The molecule has 0 aliphatic heterocycles. The summed E-state index contributed by atoms with van der Waals surface area (Å²) in [5.74, 6) is 0.210. The molecule has 0 unspecified atom stereocenters. The van der Waals surface area contributed by atoms with Gasteiger partial charge in [0.25, 0.3) is 0 Å². The maximum absolute atomic E-state index is 12.3. The van der Waals surface area contributed by atoms with Gasteiger partial charge in [0.1, 0.15) is 0 Å². The number of carbonyl (C=O) groups excluding carboxylic acids is 1. The van der Waals surface area contributed by atoms with Crippen molar-refractivity contribution in [2.24, 2.45) is 5.92 Å². The third-order valence-electron chi connectivity index (χ3n) is 4.14. The normalized spacial score (nSPS) is 17.6. The van der Waals surface area contributed by atoms with E-state index in [-0.39, 0.29) is 17.4 Å². The molecular weight excluding hydrogens is 250 g/mol. The third-order valence-corrected chi connectivity index (χ3v) is 4.14. The Labute approximate surface area is 121 Å². The van der Waals surface area contributed by atoms with Crippen LogP contribution in [0.2, 0.25) is 0 Å². The van der Waals surface area contributed by atoms with Gasteiger partial charge >= 0.3 is 0 Å². The Bertz CT molecular complexity index is 445. The minimum atomic E-state index is -0.129. The van der Waals surface area contributed by atoms with Gasteiger partial charge < -0.3 is 10.1 Å². The average Bonchev–Trinajstić information content (AvgIpc) is 2.74. The lowest BCUT2D eigenvalue weighted by Gasteiger charge is -2.27. The van der Waals surface area contributed by atoms with Crippen LogP contribution in [-0.4, -0.2) is 25.2 Å². The number of hydrogen-bond donors (Lipinski definition) is 1. The van der Waals surface area contributed by atoms with Gasteiger partial charge in [-0.15, -0.1) is 0 Å². The molecule has 1 aliphatic carbocycles. The third kappa shape index (κ3) is 3.60. The van der Waals surface area contributed by atoms with E-state index in [1.807, 2.05) is 6.92 Å². The fourth-order valence-corrected chi connectivity index (χ4v) is 2.98. The zero-order valence-electron chi connectivity index (χ0n) is 12.7. The summed E-state index contributed by atoms with van der Waals surface area (Å²) in [5, 5.41) is 3.25. The number of carbonyl (C=O) groups is 1. The first-order chi connectivity index (χ1) is 9.54. The molecule has 0 heterocycles. The highest BCUT2D eigenvalue weighted by atomic mass is 16.5. The highest BCUT2D eigenvalue weighted by Crippen LogP contribution is 2.30. The first-order valence-corrected chi connectivity index (χ1v) is 7.42. The maximum atomic E-state index is 12.3. The van der Waals surface area contributed by atoms with Crippen LogP contribution in [0.4, 0.5) is 0 Å². The van der Waals surface area contributed by atoms with Crippen molar-refractivity contribution in [1.29, 1.82) is 0 Å². The molecule has 0 fully saturated rings. The highest BCUT2D eigenvalue weighted by molar-refractivity contribution is 5.79. The lowest BCUT2D eigenvalue weighted by Crippen LogP contribution is -2.48. The molecule has 3 nitrogen and oxygen atoms in total. The van der Waals surface area contributed by atoms with Crippen LogP contribution >= 0.6 is 0 Å². The molecule has 0 saturated carbocycles. The number of hydrogen-bond acceptors (Lipinski definition) is 2. The molecule has 110 valence electrons. The fraction of sp³-hybridized carbons (Fsp3) is 0.588. The van der Waals surface area contributed by atoms with Crippen molar-refractivity contribution in [3.63, 3.8) is 0 Å². The number of amides is 1. The van der Waals surface area contributed by atoms with Crippen molar-refractivity contribution in [3.8, 4) is 0 Å². The van der Waals surface area contributed by atoms with Gasteiger partial charge in [-0.05, 0) is 43.7 Å². The topological polar surface area (TPSA) is 38.3 Å². The molecule has 2 rings (SSSR count). The van der Waals surface area contributed by atoms with Crippen LogP contribution in [0.5, 0.6) is 0 Å². The van der Waals surface area contributed by atoms with E-state index in [0.29, 0.717) is 0 Å². The average molecular weight is 275 g/mol. The Balaban J connectivity index is 1.89.